The van der Waals surface area contributed by atoms with E-state index in [4.69, 9.17) is 10.7 Å². The van der Waals surface area contributed by atoms with Crippen LogP contribution >= 0.6 is 0 Å². The lowest BCUT2D eigenvalue weighted by Crippen LogP contribution is -2.34. The molecule has 2 aromatic heterocycles. The molecule has 0 unspecified atom stereocenters. The van der Waals surface area contributed by atoms with E-state index in [0.29, 0.717) is 18.2 Å². The summed E-state index contributed by atoms with van der Waals surface area (Å²) >= 11 is 0. The normalized spacial score (nSPS) is 10.8. The zero-order chi connectivity index (χ0) is 19.8. The minimum Gasteiger partial charge on any atom is -0.342 e. The third-order valence-electron chi connectivity index (χ3n) is 4.74. The molecule has 0 aliphatic rings. The fourth-order valence-electron chi connectivity index (χ4n) is 3.19. The molecule has 0 aliphatic carbocycles. The highest BCUT2D eigenvalue weighted by atomic mass is 16.1. The van der Waals surface area contributed by atoms with E-state index in [1.807, 2.05) is 18.2 Å². The molecule has 0 atom stereocenters. The summed E-state index contributed by atoms with van der Waals surface area (Å²) in [4.78, 5) is 23.6. The number of aromatic nitrogens is 3. The van der Waals surface area contributed by atoms with Crippen LogP contribution in [-0.4, -0.2) is 34.2 Å². The lowest BCUT2D eigenvalue weighted by Gasteiger charge is -2.25. The van der Waals surface area contributed by atoms with Crippen molar-refractivity contribution in [3.05, 3.63) is 76.8 Å². The van der Waals surface area contributed by atoms with Gasteiger partial charge in [0.15, 0.2) is 0 Å². The number of pyridine rings is 1. The second-order valence-electron chi connectivity index (χ2n) is 6.79. The highest BCUT2D eigenvalue weighted by Crippen LogP contribution is 2.18. The van der Waals surface area contributed by atoms with Gasteiger partial charge in [0, 0.05) is 44.2 Å². The molecule has 0 amide bonds. The van der Waals surface area contributed by atoms with E-state index in [2.05, 4.69) is 34.1 Å². The topological polar surface area (TPSA) is 77.0 Å². The van der Waals surface area contributed by atoms with Crippen molar-refractivity contribution in [1.29, 1.82) is 0 Å². The predicted molar refractivity (Wildman–Crippen MR) is 113 cm³/mol. The van der Waals surface area contributed by atoms with Gasteiger partial charge in [0.2, 0.25) is 5.95 Å². The first-order valence-electron chi connectivity index (χ1n) is 9.66. The third kappa shape index (κ3) is 5.04. The quantitative estimate of drug-likeness (QED) is 0.620. The van der Waals surface area contributed by atoms with Crippen LogP contribution in [0.1, 0.15) is 18.4 Å². The van der Waals surface area contributed by atoms with Crippen molar-refractivity contribution in [2.24, 2.45) is 12.8 Å². The van der Waals surface area contributed by atoms with Gasteiger partial charge in [-0.15, -0.1) is 0 Å². The molecule has 6 heteroatoms. The Hall–Kier alpha value is -2.99. The number of anilines is 1. The van der Waals surface area contributed by atoms with Gasteiger partial charge in [-0.3, -0.25) is 14.3 Å². The second-order valence-corrected chi connectivity index (χ2v) is 6.79. The molecule has 0 radical (unpaired) electrons. The van der Waals surface area contributed by atoms with Crippen LogP contribution in [0.25, 0.3) is 11.3 Å². The van der Waals surface area contributed by atoms with E-state index in [9.17, 15) is 4.79 Å². The van der Waals surface area contributed by atoms with Crippen molar-refractivity contribution in [1.82, 2.24) is 14.5 Å². The van der Waals surface area contributed by atoms with Crippen LogP contribution in [0.5, 0.6) is 0 Å². The van der Waals surface area contributed by atoms with Gasteiger partial charge in [-0.1, -0.05) is 30.3 Å². The molecule has 0 saturated carbocycles. The number of rotatable bonds is 9. The fourth-order valence-corrected chi connectivity index (χ4v) is 3.19. The number of nitrogens with zero attached hydrogens (tertiary/aromatic N) is 4. The number of hydrogen-bond acceptors (Lipinski definition) is 5. The van der Waals surface area contributed by atoms with E-state index in [-0.39, 0.29) is 5.56 Å². The van der Waals surface area contributed by atoms with E-state index in [1.165, 1.54) is 5.56 Å². The van der Waals surface area contributed by atoms with Gasteiger partial charge in [0.25, 0.3) is 5.56 Å². The molecular weight excluding hydrogens is 350 g/mol. The third-order valence-corrected chi connectivity index (χ3v) is 4.74. The van der Waals surface area contributed by atoms with Crippen molar-refractivity contribution in [3.63, 3.8) is 0 Å². The molecule has 0 aliphatic heterocycles. The van der Waals surface area contributed by atoms with Crippen molar-refractivity contribution in [2.45, 2.75) is 19.3 Å². The average molecular weight is 377 g/mol. The van der Waals surface area contributed by atoms with Gasteiger partial charge < -0.3 is 10.6 Å². The van der Waals surface area contributed by atoms with Crippen LogP contribution < -0.4 is 16.2 Å². The standard InChI is InChI=1S/C22H27N5O/c1-26-21(28)17-20(19-10-13-24-14-11-19)25-22(26)27(16-6-12-23)15-5-9-18-7-3-2-4-8-18/h2-4,7-8,10-11,13-14,17H,5-6,9,12,15-16,23H2,1H3. The smallest absolute Gasteiger partial charge is 0.255 e. The Kier molecular flexibility index (Phi) is 6.92. The minimum absolute atomic E-state index is 0.0716. The summed E-state index contributed by atoms with van der Waals surface area (Å²) in [5.41, 5.74) is 8.54. The van der Waals surface area contributed by atoms with Crippen molar-refractivity contribution >= 4 is 5.95 Å². The van der Waals surface area contributed by atoms with E-state index in [1.54, 1.807) is 30.1 Å². The van der Waals surface area contributed by atoms with Gasteiger partial charge in [-0.2, -0.15) is 0 Å². The van der Waals surface area contributed by atoms with Crippen molar-refractivity contribution < 1.29 is 0 Å². The zero-order valence-corrected chi connectivity index (χ0v) is 16.3. The SMILES string of the molecule is Cn1c(N(CCCN)CCCc2ccccc2)nc(-c2ccncc2)cc1=O. The molecule has 6 nitrogen and oxygen atoms in total. The Balaban J connectivity index is 1.84. The summed E-state index contributed by atoms with van der Waals surface area (Å²) in [7, 11) is 1.77. The molecule has 1 aromatic carbocycles. The molecule has 3 rings (SSSR count). The van der Waals surface area contributed by atoms with Crippen molar-refractivity contribution in [2.75, 3.05) is 24.5 Å². The fraction of sp³-hybridized carbons (Fsp3) is 0.318. The predicted octanol–water partition coefficient (Wildman–Crippen LogP) is 2.63. The Bertz CT molecular complexity index is 925. The molecule has 0 saturated heterocycles. The zero-order valence-electron chi connectivity index (χ0n) is 16.3. The Morgan fingerprint density at radius 2 is 1.75 bits per heavy atom. The number of nitrogens with two attached hydrogens (primary N) is 1. The van der Waals surface area contributed by atoms with E-state index in [0.717, 1.165) is 37.9 Å². The largest absolute Gasteiger partial charge is 0.342 e. The van der Waals surface area contributed by atoms with Crippen LogP contribution in [0.15, 0.2) is 65.7 Å². The summed E-state index contributed by atoms with van der Waals surface area (Å²) < 4.78 is 1.61. The van der Waals surface area contributed by atoms with Gasteiger partial charge in [0.1, 0.15) is 0 Å². The van der Waals surface area contributed by atoms with Crippen LogP contribution in [0, 0.1) is 0 Å². The molecule has 2 heterocycles. The number of aryl methyl sites for hydroxylation is 1. The van der Waals surface area contributed by atoms with E-state index >= 15 is 0 Å². The van der Waals surface area contributed by atoms with E-state index < -0.39 is 0 Å². The monoisotopic (exact) mass is 377 g/mol. The minimum atomic E-state index is -0.0716. The lowest BCUT2D eigenvalue weighted by atomic mass is 10.1. The lowest BCUT2D eigenvalue weighted by molar-refractivity contribution is 0.653. The molecule has 0 bridgehead atoms. The molecule has 3 aromatic rings. The second kappa shape index (κ2) is 9.80. The summed E-state index contributed by atoms with van der Waals surface area (Å²) in [6.07, 6.45) is 6.23. The molecular formula is C22H27N5O. The molecule has 2 N–H and O–H groups in total. The Morgan fingerprint density at radius 1 is 1.04 bits per heavy atom. The molecule has 28 heavy (non-hydrogen) atoms. The first-order chi connectivity index (χ1) is 13.7. The highest BCUT2D eigenvalue weighted by molar-refractivity contribution is 5.59. The van der Waals surface area contributed by atoms with Gasteiger partial charge in [-0.25, -0.2) is 4.98 Å². The first kappa shape index (κ1) is 19.8. The summed E-state index contributed by atoms with van der Waals surface area (Å²) in [6, 6.07) is 15.7. The van der Waals surface area contributed by atoms with Crippen LogP contribution in [0.3, 0.4) is 0 Å². The maximum absolute atomic E-state index is 12.6. The van der Waals surface area contributed by atoms with Crippen molar-refractivity contribution in [3.8, 4) is 11.3 Å². The van der Waals surface area contributed by atoms with Crippen LogP contribution in [-0.2, 0) is 13.5 Å². The molecule has 0 fully saturated rings. The summed E-state index contributed by atoms with van der Waals surface area (Å²) in [5.74, 6) is 0.681. The summed E-state index contributed by atoms with van der Waals surface area (Å²) in [6.45, 7) is 2.19. The van der Waals surface area contributed by atoms with Gasteiger partial charge >= 0.3 is 0 Å². The number of hydrogen-bond donors (Lipinski definition) is 1. The van der Waals surface area contributed by atoms with Gasteiger partial charge in [-0.05, 0) is 43.5 Å². The maximum Gasteiger partial charge on any atom is 0.255 e. The Morgan fingerprint density at radius 3 is 2.46 bits per heavy atom. The summed E-state index contributed by atoms with van der Waals surface area (Å²) in [5, 5.41) is 0. The molecule has 146 valence electrons. The number of benzene rings is 1. The van der Waals surface area contributed by atoms with Crippen LogP contribution in [0.4, 0.5) is 5.95 Å². The molecule has 0 spiro atoms. The maximum atomic E-state index is 12.6. The Labute approximate surface area is 165 Å². The average Bonchev–Trinajstić information content (AvgIpc) is 2.74. The van der Waals surface area contributed by atoms with Gasteiger partial charge in [0.05, 0.1) is 5.69 Å². The first-order valence-corrected chi connectivity index (χ1v) is 9.66. The van der Waals surface area contributed by atoms with Crippen LogP contribution in [0.2, 0.25) is 0 Å². The highest BCUT2D eigenvalue weighted by Gasteiger charge is 2.14.